The lowest BCUT2D eigenvalue weighted by molar-refractivity contribution is 0.516. The van der Waals surface area contributed by atoms with Crippen molar-refractivity contribution in [2.75, 3.05) is 0 Å². The van der Waals surface area contributed by atoms with Gasteiger partial charge >= 0.3 is 0 Å². The second-order valence-corrected chi connectivity index (χ2v) is 5.44. The van der Waals surface area contributed by atoms with Crippen molar-refractivity contribution in [3.05, 3.63) is 11.6 Å². The molecule has 0 radical (unpaired) electrons. The minimum Gasteiger partial charge on any atom is -0.0799 e. The van der Waals surface area contributed by atoms with Gasteiger partial charge in [-0.15, -0.1) is 0 Å². The van der Waals surface area contributed by atoms with E-state index in [9.17, 15) is 0 Å². The molecule has 76 valence electrons. The highest BCUT2D eigenvalue weighted by molar-refractivity contribution is 5.07. The monoisotopic (exact) mass is 180 g/mol. The number of hydrogen-bond acceptors (Lipinski definition) is 0. The summed E-state index contributed by atoms with van der Waals surface area (Å²) in [5.41, 5.74) is 2.10. The van der Waals surface area contributed by atoms with Gasteiger partial charge in [0, 0.05) is 0 Å². The standard InChI is InChI=1S/C13H24/c1-13(2,3)11-12-9-7-5-4-6-8-10-12/h11H,4-10H2,1-3H3. The van der Waals surface area contributed by atoms with E-state index in [1.807, 2.05) is 0 Å². The number of rotatable bonds is 0. The molecule has 0 aromatic rings. The molecular weight excluding hydrogens is 156 g/mol. The summed E-state index contributed by atoms with van der Waals surface area (Å²) in [5.74, 6) is 0. The molecule has 0 aliphatic heterocycles. The van der Waals surface area contributed by atoms with Crippen LogP contribution >= 0.6 is 0 Å². The van der Waals surface area contributed by atoms with E-state index in [0.717, 1.165) is 0 Å². The van der Waals surface area contributed by atoms with E-state index in [-0.39, 0.29) is 0 Å². The summed E-state index contributed by atoms with van der Waals surface area (Å²) in [6, 6.07) is 0. The number of allylic oxidation sites excluding steroid dienone is 2. The van der Waals surface area contributed by atoms with Gasteiger partial charge in [0.1, 0.15) is 0 Å². The third kappa shape index (κ3) is 5.13. The molecule has 0 atom stereocenters. The van der Waals surface area contributed by atoms with Crippen LogP contribution in [-0.2, 0) is 0 Å². The highest BCUT2D eigenvalue weighted by Crippen LogP contribution is 2.26. The van der Waals surface area contributed by atoms with E-state index in [1.54, 1.807) is 5.57 Å². The van der Waals surface area contributed by atoms with Gasteiger partial charge in [-0.1, -0.05) is 51.7 Å². The largest absolute Gasteiger partial charge is 0.0799 e. The third-order valence-corrected chi connectivity index (χ3v) is 2.63. The van der Waals surface area contributed by atoms with Gasteiger partial charge in [0.05, 0.1) is 0 Å². The highest BCUT2D eigenvalue weighted by Gasteiger charge is 2.09. The first-order chi connectivity index (χ1) is 6.08. The summed E-state index contributed by atoms with van der Waals surface area (Å²) < 4.78 is 0. The van der Waals surface area contributed by atoms with E-state index in [0.29, 0.717) is 5.41 Å². The third-order valence-electron chi connectivity index (χ3n) is 2.63. The van der Waals surface area contributed by atoms with Gasteiger partial charge in [-0.25, -0.2) is 0 Å². The summed E-state index contributed by atoms with van der Waals surface area (Å²) in [6.07, 6.45) is 12.4. The zero-order chi connectivity index (χ0) is 9.73. The average molecular weight is 180 g/mol. The van der Waals surface area contributed by atoms with Crippen LogP contribution in [0.2, 0.25) is 0 Å². The molecule has 0 aromatic heterocycles. The van der Waals surface area contributed by atoms with E-state index < -0.39 is 0 Å². The lowest BCUT2D eigenvalue weighted by Gasteiger charge is -2.18. The van der Waals surface area contributed by atoms with E-state index in [4.69, 9.17) is 0 Å². The van der Waals surface area contributed by atoms with Gasteiger partial charge in [0.25, 0.3) is 0 Å². The number of hydrogen-bond donors (Lipinski definition) is 0. The molecule has 1 aliphatic rings. The molecule has 0 heteroatoms. The predicted octanol–water partition coefficient (Wildman–Crippen LogP) is 4.70. The van der Waals surface area contributed by atoms with Crippen LogP contribution in [-0.4, -0.2) is 0 Å². The van der Waals surface area contributed by atoms with Crippen LogP contribution in [0.5, 0.6) is 0 Å². The van der Waals surface area contributed by atoms with Crippen molar-refractivity contribution >= 4 is 0 Å². The molecule has 0 spiro atoms. The molecule has 0 N–H and O–H groups in total. The Kier molecular flexibility index (Phi) is 4.02. The molecule has 1 aliphatic carbocycles. The minimum atomic E-state index is 0.383. The minimum absolute atomic E-state index is 0.383. The first kappa shape index (κ1) is 10.8. The Labute approximate surface area is 83.4 Å². The molecule has 0 saturated heterocycles. The van der Waals surface area contributed by atoms with Crippen molar-refractivity contribution < 1.29 is 0 Å². The van der Waals surface area contributed by atoms with Gasteiger partial charge in [-0.05, 0) is 31.1 Å². The van der Waals surface area contributed by atoms with Gasteiger partial charge in [0.2, 0.25) is 0 Å². The highest BCUT2D eigenvalue weighted by atomic mass is 14.2. The van der Waals surface area contributed by atoms with Crippen molar-refractivity contribution in [3.8, 4) is 0 Å². The quantitative estimate of drug-likeness (QED) is 0.474. The van der Waals surface area contributed by atoms with Crippen LogP contribution in [0.1, 0.15) is 65.7 Å². The first-order valence-electron chi connectivity index (χ1n) is 5.78. The van der Waals surface area contributed by atoms with Gasteiger partial charge < -0.3 is 0 Å². The maximum atomic E-state index is 2.50. The van der Waals surface area contributed by atoms with Gasteiger partial charge in [0.15, 0.2) is 0 Å². The van der Waals surface area contributed by atoms with Crippen LogP contribution < -0.4 is 0 Å². The summed E-state index contributed by atoms with van der Waals surface area (Å²) in [5, 5.41) is 0. The molecule has 0 bridgehead atoms. The summed E-state index contributed by atoms with van der Waals surface area (Å²) in [6.45, 7) is 6.91. The molecule has 0 aromatic carbocycles. The van der Waals surface area contributed by atoms with Crippen molar-refractivity contribution in [3.63, 3.8) is 0 Å². The lowest BCUT2D eigenvalue weighted by Crippen LogP contribution is -2.03. The average Bonchev–Trinajstić information content (AvgIpc) is 1.92. The molecule has 13 heavy (non-hydrogen) atoms. The first-order valence-corrected chi connectivity index (χ1v) is 5.78. The van der Waals surface area contributed by atoms with Crippen LogP contribution in [0.25, 0.3) is 0 Å². The lowest BCUT2D eigenvalue weighted by atomic mass is 9.88. The zero-order valence-electron chi connectivity index (χ0n) is 9.53. The van der Waals surface area contributed by atoms with Crippen LogP contribution in [0.4, 0.5) is 0 Å². The smallest absolute Gasteiger partial charge is 0.0200 e. The Morgan fingerprint density at radius 3 is 1.77 bits per heavy atom. The maximum absolute atomic E-state index is 2.50. The predicted molar refractivity (Wildman–Crippen MR) is 59.9 cm³/mol. The molecular formula is C13H24. The summed E-state index contributed by atoms with van der Waals surface area (Å²) in [7, 11) is 0. The van der Waals surface area contributed by atoms with Crippen LogP contribution in [0, 0.1) is 5.41 Å². The fraction of sp³-hybridized carbons (Fsp3) is 0.846. The fourth-order valence-corrected chi connectivity index (χ4v) is 2.12. The SMILES string of the molecule is CC(C)(C)C=C1CCCCCCC1. The van der Waals surface area contributed by atoms with Crippen molar-refractivity contribution in [1.29, 1.82) is 0 Å². The summed E-state index contributed by atoms with van der Waals surface area (Å²) in [4.78, 5) is 0. The fourth-order valence-electron chi connectivity index (χ4n) is 2.12. The second kappa shape index (κ2) is 4.83. The Bertz CT molecular complexity index is 159. The Morgan fingerprint density at radius 2 is 1.31 bits per heavy atom. The molecule has 1 fully saturated rings. The summed E-state index contributed by atoms with van der Waals surface area (Å²) >= 11 is 0. The van der Waals surface area contributed by atoms with E-state index in [1.165, 1.54) is 44.9 Å². The zero-order valence-corrected chi connectivity index (χ0v) is 9.53. The molecule has 0 nitrogen and oxygen atoms in total. The molecule has 0 heterocycles. The molecule has 0 unspecified atom stereocenters. The van der Waals surface area contributed by atoms with E-state index in [2.05, 4.69) is 26.8 Å². The normalized spacial score (nSPS) is 20.7. The van der Waals surface area contributed by atoms with Crippen LogP contribution in [0.15, 0.2) is 11.6 Å². The van der Waals surface area contributed by atoms with Crippen molar-refractivity contribution in [2.45, 2.75) is 65.7 Å². The molecule has 0 amide bonds. The van der Waals surface area contributed by atoms with Crippen molar-refractivity contribution in [2.24, 2.45) is 5.41 Å². The molecule has 1 rings (SSSR count). The Morgan fingerprint density at radius 1 is 0.846 bits per heavy atom. The second-order valence-electron chi connectivity index (χ2n) is 5.44. The topological polar surface area (TPSA) is 0 Å². The van der Waals surface area contributed by atoms with Gasteiger partial charge in [-0.2, -0.15) is 0 Å². The van der Waals surface area contributed by atoms with Crippen molar-refractivity contribution in [1.82, 2.24) is 0 Å². The maximum Gasteiger partial charge on any atom is -0.0200 e. The molecule has 1 saturated carbocycles. The Balaban J connectivity index is 2.50. The van der Waals surface area contributed by atoms with Crippen LogP contribution in [0.3, 0.4) is 0 Å². The van der Waals surface area contributed by atoms with E-state index >= 15 is 0 Å². The van der Waals surface area contributed by atoms with Gasteiger partial charge in [-0.3, -0.25) is 0 Å². The Hall–Kier alpha value is -0.260.